The summed E-state index contributed by atoms with van der Waals surface area (Å²) in [7, 11) is 1.60. The Morgan fingerprint density at radius 1 is 1.14 bits per heavy atom. The maximum Gasteiger partial charge on any atom is 0.273 e. The number of amides is 1. The highest BCUT2D eigenvalue weighted by atomic mass is 16.7. The molecule has 1 aliphatic rings. The SMILES string of the molecule is COc1cccc(CNC(=O)c2coc(COc3ccc4c(c3)OCO4)n2)c1. The molecule has 0 atom stereocenters. The summed E-state index contributed by atoms with van der Waals surface area (Å²) in [4.78, 5) is 16.4. The zero-order valence-electron chi connectivity index (χ0n) is 15.1. The fourth-order valence-corrected chi connectivity index (χ4v) is 2.65. The van der Waals surface area contributed by atoms with E-state index in [0.29, 0.717) is 29.7 Å². The first-order valence-corrected chi connectivity index (χ1v) is 8.59. The van der Waals surface area contributed by atoms with Crippen molar-refractivity contribution in [3.05, 3.63) is 65.9 Å². The lowest BCUT2D eigenvalue weighted by molar-refractivity contribution is 0.0945. The predicted molar refractivity (Wildman–Crippen MR) is 97.6 cm³/mol. The monoisotopic (exact) mass is 382 g/mol. The average molecular weight is 382 g/mol. The standard InChI is InChI=1S/C20H18N2O6/c1-24-14-4-2-3-13(7-14)9-21-20(23)16-10-26-19(22-16)11-25-15-5-6-17-18(8-15)28-12-27-17/h2-8,10H,9,11-12H2,1H3,(H,21,23). The summed E-state index contributed by atoms with van der Waals surface area (Å²) in [5.74, 6) is 2.59. The first kappa shape index (κ1) is 17.7. The smallest absolute Gasteiger partial charge is 0.273 e. The van der Waals surface area contributed by atoms with Gasteiger partial charge in [0.15, 0.2) is 23.8 Å². The number of carbonyl (C=O) groups excluding carboxylic acids is 1. The number of carbonyl (C=O) groups is 1. The van der Waals surface area contributed by atoms with E-state index < -0.39 is 0 Å². The van der Waals surface area contributed by atoms with Gasteiger partial charge in [0, 0.05) is 12.6 Å². The molecule has 1 aliphatic heterocycles. The van der Waals surface area contributed by atoms with Crippen molar-refractivity contribution >= 4 is 5.91 Å². The van der Waals surface area contributed by atoms with E-state index >= 15 is 0 Å². The van der Waals surface area contributed by atoms with Crippen molar-refractivity contribution < 1.29 is 28.2 Å². The molecule has 8 heteroatoms. The van der Waals surface area contributed by atoms with Gasteiger partial charge < -0.3 is 28.7 Å². The number of hydrogen-bond donors (Lipinski definition) is 1. The second-order valence-electron chi connectivity index (χ2n) is 5.96. The molecule has 0 aliphatic carbocycles. The number of ether oxygens (including phenoxy) is 4. The molecule has 0 radical (unpaired) electrons. The van der Waals surface area contributed by atoms with Crippen LogP contribution in [0.5, 0.6) is 23.0 Å². The third-order valence-corrected chi connectivity index (χ3v) is 4.08. The molecule has 0 saturated heterocycles. The number of nitrogens with zero attached hydrogens (tertiary/aromatic N) is 1. The van der Waals surface area contributed by atoms with Crippen LogP contribution in [0.3, 0.4) is 0 Å². The number of hydrogen-bond acceptors (Lipinski definition) is 7. The highest BCUT2D eigenvalue weighted by molar-refractivity contribution is 5.91. The second kappa shape index (κ2) is 7.91. The summed E-state index contributed by atoms with van der Waals surface area (Å²) >= 11 is 0. The fourth-order valence-electron chi connectivity index (χ4n) is 2.65. The third-order valence-electron chi connectivity index (χ3n) is 4.08. The van der Waals surface area contributed by atoms with Gasteiger partial charge in [-0.25, -0.2) is 4.98 Å². The molecule has 3 aromatic rings. The Hall–Kier alpha value is -3.68. The van der Waals surface area contributed by atoms with Crippen molar-refractivity contribution in [2.24, 2.45) is 0 Å². The number of methoxy groups -OCH3 is 1. The minimum Gasteiger partial charge on any atom is -0.497 e. The first-order valence-electron chi connectivity index (χ1n) is 8.59. The van der Waals surface area contributed by atoms with Crippen LogP contribution in [0.2, 0.25) is 0 Å². The van der Waals surface area contributed by atoms with Crippen LogP contribution in [0.4, 0.5) is 0 Å². The molecule has 0 saturated carbocycles. The van der Waals surface area contributed by atoms with Gasteiger partial charge in [0.05, 0.1) is 7.11 Å². The van der Waals surface area contributed by atoms with Crippen molar-refractivity contribution in [3.8, 4) is 23.0 Å². The van der Waals surface area contributed by atoms with Crippen LogP contribution in [-0.4, -0.2) is 24.8 Å². The molecular weight excluding hydrogens is 364 g/mol. The summed E-state index contributed by atoms with van der Waals surface area (Å²) < 4.78 is 26.7. The van der Waals surface area contributed by atoms with Crippen LogP contribution in [0, 0.1) is 0 Å². The lowest BCUT2D eigenvalue weighted by Gasteiger charge is -2.05. The van der Waals surface area contributed by atoms with Crippen molar-refractivity contribution in [3.63, 3.8) is 0 Å². The van der Waals surface area contributed by atoms with Crippen LogP contribution < -0.4 is 24.3 Å². The number of aromatic nitrogens is 1. The second-order valence-corrected chi connectivity index (χ2v) is 5.96. The first-order chi connectivity index (χ1) is 13.7. The van der Waals surface area contributed by atoms with Crippen LogP contribution in [0.1, 0.15) is 21.9 Å². The Bertz CT molecular complexity index is 984. The van der Waals surface area contributed by atoms with E-state index in [-0.39, 0.29) is 25.0 Å². The molecule has 1 aromatic heterocycles. The molecule has 0 unspecified atom stereocenters. The number of nitrogens with one attached hydrogen (secondary N) is 1. The minimum absolute atomic E-state index is 0.0861. The van der Waals surface area contributed by atoms with E-state index in [0.717, 1.165) is 11.3 Å². The lowest BCUT2D eigenvalue weighted by atomic mass is 10.2. The largest absolute Gasteiger partial charge is 0.497 e. The van der Waals surface area contributed by atoms with Gasteiger partial charge in [0.1, 0.15) is 17.8 Å². The van der Waals surface area contributed by atoms with E-state index in [1.54, 1.807) is 25.3 Å². The van der Waals surface area contributed by atoms with Crippen LogP contribution in [-0.2, 0) is 13.2 Å². The summed E-state index contributed by atoms with van der Waals surface area (Å²) in [6.45, 7) is 0.640. The molecule has 1 N–H and O–H groups in total. The molecule has 0 bridgehead atoms. The molecule has 2 aromatic carbocycles. The predicted octanol–water partition coefficient (Wildman–Crippen LogP) is 2.92. The fraction of sp³-hybridized carbons (Fsp3) is 0.200. The number of oxazole rings is 1. The molecule has 28 heavy (non-hydrogen) atoms. The van der Waals surface area contributed by atoms with Crippen molar-refractivity contribution in [2.45, 2.75) is 13.2 Å². The number of fused-ring (bicyclic) bond motifs is 1. The van der Waals surface area contributed by atoms with Gasteiger partial charge in [-0.15, -0.1) is 0 Å². The van der Waals surface area contributed by atoms with E-state index in [2.05, 4.69) is 10.3 Å². The van der Waals surface area contributed by atoms with E-state index in [9.17, 15) is 4.79 Å². The maximum absolute atomic E-state index is 12.3. The highest BCUT2D eigenvalue weighted by Gasteiger charge is 2.15. The van der Waals surface area contributed by atoms with Crippen LogP contribution in [0.15, 0.2) is 53.1 Å². The van der Waals surface area contributed by atoms with Crippen molar-refractivity contribution in [2.75, 3.05) is 13.9 Å². The number of rotatable bonds is 7. The third kappa shape index (κ3) is 4.01. The Kier molecular flexibility index (Phi) is 5.01. The van der Waals surface area contributed by atoms with Gasteiger partial charge in [0.25, 0.3) is 5.91 Å². The van der Waals surface area contributed by atoms with E-state index in [1.807, 2.05) is 24.3 Å². The Balaban J connectivity index is 1.31. The van der Waals surface area contributed by atoms with Gasteiger partial charge >= 0.3 is 0 Å². The zero-order valence-corrected chi connectivity index (χ0v) is 15.1. The molecule has 2 heterocycles. The molecule has 0 spiro atoms. The lowest BCUT2D eigenvalue weighted by Crippen LogP contribution is -2.23. The molecule has 4 rings (SSSR count). The quantitative estimate of drug-likeness (QED) is 0.672. The zero-order chi connectivity index (χ0) is 19.3. The van der Waals surface area contributed by atoms with Gasteiger partial charge in [-0.2, -0.15) is 0 Å². The van der Waals surface area contributed by atoms with Gasteiger partial charge in [-0.05, 0) is 29.8 Å². The average Bonchev–Trinajstić information content (AvgIpc) is 3.39. The molecule has 144 valence electrons. The molecule has 0 fully saturated rings. The molecule has 8 nitrogen and oxygen atoms in total. The molecular formula is C20H18N2O6. The van der Waals surface area contributed by atoms with Gasteiger partial charge in [0.2, 0.25) is 12.7 Å². The maximum atomic E-state index is 12.3. The van der Waals surface area contributed by atoms with E-state index in [1.165, 1.54) is 6.26 Å². The summed E-state index contributed by atoms with van der Waals surface area (Å²) in [5, 5.41) is 2.79. The topological polar surface area (TPSA) is 92.1 Å². The van der Waals surface area contributed by atoms with Crippen LogP contribution in [0.25, 0.3) is 0 Å². The summed E-state index contributed by atoms with van der Waals surface area (Å²) in [5.41, 5.74) is 1.11. The van der Waals surface area contributed by atoms with Crippen molar-refractivity contribution in [1.29, 1.82) is 0 Å². The number of benzene rings is 2. The molecule has 1 amide bonds. The van der Waals surface area contributed by atoms with Crippen molar-refractivity contribution in [1.82, 2.24) is 10.3 Å². The Morgan fingerprint density at radius 3 is 2.93 bits per heavy atom. The van der Waals surface area contributed by atoms with Crippen LogP contribution >= 0.6 is 0 Å². The Labute approximate surface area is 161 Å². The summed E-state index contributed by atoms with van der Waals surface area (Å²) in [6, 6.07) is 12.7. The Morgan fingerprint density at radius 2 is 2.04 bits per heavy atom. The summed E-state index contributed by atoms with van der Waals surface area (Å²) in [6.07, 6.45) is 1.30. The highest BCUT2D eigenvalue weighted by Crippen LogP contribution is 2.35. The minimum atomic E-state index is -0.333. The normalized spacial score (nSPS) is 11.9. The van der Waals surface area contributed by atoms with Gasteiger partial charge in [-0.1, -0.05) is 12.1 Å². The van der Waals surface area contributed by atoms with E-state index in [4.69, 9.17) is 23.4 Å². The van der Waals surface area contributed by atoms with Gasteiger partial charge in [-0.3, -0.25) is 4.79 Å².